The molecule has 0 aliphatic carbocycles. The molecule has 1 fully saturated rings. The lowest BCUT2D eigenvalue weighted by Gasteiger charge is -2.26. The number of rotatable bonds is 4. The molecule has 3 aromatic heterocycles. The van der Waals surface area contributed by atoms with E-state index in [4.69, 9.17) is 0 Å². The van der Waals surface area contributed by atoms with Gasteiger partial charge in [-0.25, -0.2) is 4.98 Å². The van der Waals surface area contributed by atoms with Gasteiger partial charge in [-0.15, -0.1) is 0 Å². The van der Waals surface area contributed by atoms with E-state index in [9.17, 15) is 0 Å². The van der Waals surface area contributed by atoms with Crippen molar-refractivity contribution in [2.45, 2.75) is 38.6 Å². The van der Waals surface area contributed by atoms with Crippen LogP contribution in [0.1, 0.15) is 43.5 Å². The Morgan fingerprint density at radius 3 is 3.00 bits per heavy atom. The Bertz CT molecular complexity index is 819. The van der Waals surface area contributed by atoms with Gasteiger partial charge in [0.05, 0.1) is 12.2 Å². The van der Waals surface area contributed by atoms with Gasteiger partial charge in [-0.3, -0.25) is 4.68 Å². The smallest absolute Gasteiger partial charge is 0.254 e. The average molecular weight is 311 g/mol. The van der Waals surface area contributed by atoms with Gasteiger partial charge < -0.3 is 4.90 Å². The number of anilines is 1. The maximum Gasteiger partial charge on any atom is 0.254 e. The number of aromatic nitrogens is 6. The van der Waals surface area contributed by atoms with Crippen LogP contribution in [0.2, 0.25) is 0 Å². The molecule has 23 heavy (non-hydrogen) atoms. The van der Waals surface area contributed by atoms with Crippen LogP contribution in [0.15, 0.2) is 24.8 Å². The van der Waals surface area contributed by atoms with Crippen molar-refractivity contribution in [3.05, 3.63) is 36.0 Å². The lowest BCUT2D eigenvalue weighted by Crippen LogP contribution is -2.25. The van der Waals surface area contributed by atoms with Gasteiger partial charge in [-0.2, -0.15) is 19.7 Å². The van der Waals surface area contributed by atoms with Crippen LogP contribution in [0.5, 0.6) is 0 Å². The molecule has 0 amide bonds. The van der Waals surface area contributed by atoms with Crippen molar-refractivity contribution in [1.82, 2.24) is 29.4 Å². The molecule has 1 saturated heterocycles. The zero-order chi connectivity index (χ0) is 15.8. The molecule has 0 bridgehead atoms. The van der Waals surface area contributed by atoms with E-state index in [2.05, 4.69) is 44.3 Å². The molecule has 0 unspecified atom stereocenters. The second kappa shape index (κ2) is 5.64. The first-order valence-electron chi connectivity index (χ1n) is 8.21. The predicted molar refractivity (Wildman–Crippen MR) is 87.3 cm³/mol. The number of aryl methyl sites for hydroxylation is 2. The summed E-state index contributed by atoms with van der Waals surface area (Å²) in [6, 6.07) is 2.51. The molecule has 4 heterocycles. The third kappa shape index (κ3) is 2.46. The largest absolute Gasteiger partial charge is 0.349 e. The maximum absolute atomic E-state index is 4.61. The Balaban J connectivity index is 1.79. The van der Waals surface area contributed by atoms with Crippen LogP contribution >= 0.6 is 0 Å². The lowest BCUT2D eigenvalue weighted by atomic mass is 10.1. The van der Waals surface area contributed by atoms with Crippen molar-refractivity contribution in [3.63, 3.8) is 0 Å². The van der Waals surface area contributed by atoms with Crippen LogP contribution in [0.4, 0.5) is 5.82 Å². The third-order valence-corrected chi connectivity index (χ3v) is 4.45. The van der Waals surface area contributed by atoms with E-state index < -0.39 is 0 Å². The highest BCUT2D eigenvalue weighted by atomic mass is 15.4. The summed E-state index contributed by atoms with van der Waals surface area (Å²) in [7, 11) is 1.96. The van der Waals surface area contributed by atoms with Crippen LogP contribution in [0.25, 0.3) is 5.78 Å². The van der Waals surface area contributed by atoms with Gasteiger partial charge in [0, 0.05) is 37.1 Å². The summed E-state index contributed by atoms with van der Waals surface area (Å²) in [5.74, 6) is 1.77. The first-order chi connectivity index (χ1) is 11.3. The first-order valence-corrected chi connectivity index (χ1v) is 8.21. The second-order valence-electron chi connectivity index (χ2n) is 6.13. The second-order valence-corrected chi connectivity index (χ2v) is 6.13. The number of fused-ring (bicyclic) bond motifs is 1. The molecule has 0 saturated carbocycles. The van der Waals surface area contributed by atoms with Gasteiger partial charge in [0.15, 0.2) is 0 Å². The topological polar surface area (TPSA) is 64.1 Å². The fourth-order valence-electron chi connectivity index (χ4n) is 3.43. The maximum atomic E-state index is 4.61. The standard InChI is InChI=1S/C16H21N7/c1-3-5-13-8-15(23-16(20-13)17-11-19-23)22-7-4-6-14(22)12-9-18-21(2)10-12/h8-11,14H,3-7H2,1-2H3/t14-/m1/s1. The zero-order valence-corrected chi connectivity index (χ0v) is 13.6. The summed E-state index contributed by atoms with van der Waals surface area (Å²) in [5.41, 5.74) is 2.34. The molecule has 120 valence electrons. The van der Waals surface area contributed by atoms with E-state index in [0.29, 0.717) is 11.8 Å². The number of hydrogen-bond donors (Lipinski definition) is 0. The fraction of sp³-hybridized carbons (Fsp3) is 0.500. The number of nitrogens with zero attached hydrogens (tertiary/aromatic N) is 7. The van der Waals surface area contributed by atoms with Crippen LogP contribution in [-0.4, -0.2) is 35.9 Å². The third-order valence-electron chi connectivity index (χ3n) is 4.45. The molecule has 0 radical (unpaired) electrons. The van der Waals surface area contributed by atoms with Gasteiger partial charge >= 0.3 is 0 Å². The summed E-state index contributed by atoms with van der Waals surface area (Å²) in [5, 5.41) is 8.71. The monoisotopic (exact) mass is 311 g/mol. The number of hydrogen-bond acceptors (Lipinski definition) is 5. The summed E-state index contributed by atoms with van der Waals surface area (Å²) in [6.45, 7) is 3.19. The lowest BCUT2D eigenvalue weighted by molar-refractivity contribution is 0.693. The van der Waals surface area contributed by atoms with E-state index >= 15 is 0 Å². The van der Waals surface area contributed by atoms with Crippen LogP contribution in [0, 0.1) is 0 Å². The fourth-order valence-corrected chi connectivity index (χ4v) is 3.43. The van der Waals surface area contributed by atoms with E-state index in [1.807, 2.05) is 22.4 Å². The highest BCUT2D eigenvalue weighted by molar-refractivity contribution is 5.50. The van der Waals surface area contributed by atoms with Gasteiger partial charge in [0.25, 0.3) is 5.78 Å². The summed E-state index contributed by atoms with van der Waals surface area (Å²) in [6.07, 6.45) is 9.99. The van der Waals surface area contributed by atoms with Crippen LogP contribution in [0.3, 0.4) is 0 Å². The Kier molecular flexibility index (Phi) is 3.48. The van der Waals surface area contributed by atoms with E-state index in [0.717, 1.165) is 37.3 Å². The minimum atomic E-state index is 0.341. The van der Waals surface area contributed by atoms with Crippen LogP contribution < -0.4 is 4.90 Å². The quantitative estimate of drug-likeness (QED) is 0.739. The Morgan fingerprint density at radius 2 is 2.22 bits per heavy atom. The molecule has 0 spiro atoms. The van der Waals surface area contributed by atoms with Gasteiger partial charge in [-0.05, 0) is 19.3 Å². The van der Waals surface area contributed by atoms with E-state index in [-0.39, 0.29) is 0 Å². The zero-order valence-electron chi connectivity index (χ0n) is 13.6. The molecule has 7 heteroatoms. The van der Waals surface area contributed by atoms with Crippen molar-refractivity contribution >= 4 is 11.6 Å². The van der Waals surface area contributed by atoms with Gasteiger partial charge in [0.1, 0.15) is 12.1 Å². The predicted octanol–water partition coefficient (Wildman–Crippen LogP) is 2.15. The Hall–Kier alpha value is -2.44. The van der Waals surface area contributed by atoms with Crippen molar-refractivity contribution in [2.75, 3.05) is 11.4 Å². The summed E-state index contributed by atoms with van der Waals surface area (Å²) >= 11 is 0. The molecule has 7 nitrogen and oxygen atoms in total. The summed E-state index contributed by atoms with van der Waals surface area (Å²) < 4.78 is 3.72. The van der Waals surface area contributed by atoms with Gasteiger partial charge in [-0.1, -0.05) is 13.3 Å². The normalized spacial score (nSPS) is 18.2. The SMILES string of the molecule is CCCc1cc(N2CCC[C@@H]2c2cnn(C)c2)n2ncnc2n1. The molecule has 1 atom stereocenters. The molecule has 0 aromatic carbocycles. The minimum absolute atomic E-state index is 0.341. The molecular formula is C16H21N7. The first kappa shape index (κ1) is 14.2. The molecular weight excluding hydrogens is 290 g/mol. The van der Waals surface area contributed by atoms with Crippen LogP contribution in [-0.2, 0) is 13.5 Å². The van der Waals surface area contributed by atoms with Crippen molar-refractivity contribution in [3.8, 4) is 0 Å². The van der Waals surface area contributed by atoms with Crippen molar-refractivity contribution < 1.29 is 0 Å². The van der Waals surface area contributed by atoms with Crippen molar-refractivity contribution in [1.29, 1.82) is 0 Å². The highest BCUT2D eigenvalue weighted by Gasteiger charge is 2.29. The molecule has 3 aromatic rings. The molecule has 0 N–H and O–H groups in total. The molecule has 1 aliphatic rings. The average Bonchev–Trinajstić information content (AvgIpc) is 3.25. The minimum Gasteiger partial charge on any atom is -0.349 e. The Morgan fingerprint density at radius 1 is 1.30 bits per heavy atom. The Labute approximate surface area is 135 Å². The summed E-state index contributed by atoms with van der Waals surface area (Å²) in [4.78, 5) is 11.3. The van der Waals surface area contributed by atoms with E-state index in [1.165, 1.54) is 12.0 Å². The highest BCUT2D eigenvalue weighted by Crippen LogP contribution is 2.36. The van der Waals surface area contributed by atoms with E-state index in [1.54, 1.807) is 6.33 Å². The molecule has 1 aliphatic heterocycles. The van der Waals surface area contributed by atoms with Crippen molar-refractivity contribution in [2.24, 2.45) is 7.05 Å². The molecule has 4 rings (SSSR count). The van der Waals surface area contributed by atoms with Gasteiger partial charge in [0.2, 0.25) is 0 Å².